The fourth-order valence-corrected chi connectivity index (χ4v) is 2.34. The Bertz CT molecular complexity index is 373. The first-order chi connectivity index (χ1) is 6.68. The monoisotopic (exact) mass is 207 g/mol. The van der Waals surface area contributed by atoms with Crippen molar-refractivity contribution in [2.24, 2.45) is 0 Å². The van der Waals surface area contributed by atoms with E-state index in [0.29, 0.717) is 11.8 Å². The molecule has 0 atom stereocenters. The molecule has 0 radical (unpaired) electrons. The van der Waals surface area contributed by atoms with Crippen LogP contribution in [0.3, 0.4) is 0 Å². The summed E-state index contributed by atoms with van der Waals surface area (Å²) in [6, 6.07) is 8.28. The van der Waals surface area contributed by atoms with E-state index >= 15 is 0 Å². The van der Waals surface area contributed by atoms with Crippen LogP contribution in [0.4, 0.5) is 0 Å². The number of rotatable bonds is 1. The minimum absolute atomic E-state index is 0.355. The van der Waals surface area contributed by atoms with E-state index in [2.05, 4.69) is 18.2 Å². The van der Waals surface area contributed by atoms with Crippen molar-refractivity contribution in [1.82, 2.24) is 4.31 Å². The smallest absolute Gasteiger partial charge is 0.140 e. The average molecular weight is 207 g/mol. The van der Waals surface area contributed by atoms with Crippen LogP contribution in [0, 0.1) is 0 Å². The molecule has 1 aliphatic rings. The second kappa shape index (κ2) is 3.58. The second-order valence-corrected chi connectivity index (χ2v) is 4.60. The largest absolute Gasteiger partial charge is 0.506 e. The second-order valence-electron chi connectivity index (χ2n) is 3.56. The third-order valence-corrected chi connectivity index (χ3v) is 3.42. The SMILES string of the molecule is CC(C)N1C=C(O)c2ccccc2S1. The molecule has 0 bridgehead atoms. The summed E-state index contributed by atoms with van der Waals surface area (Å²) in [7, 11) is 0. The number of hydrogen-bond acceptors (Lipinski definition) is 3. The highest BCUT2D eigenvalue weighted by Crippen LogP contribution is 2.36. The molecule has 0 amide bonds. The van der Waals surface area contributed by atoms with Crippen molar-refractivity contribution in [1.29, 1.82) is 0 Å². The molecule has 0 fully saturated rings. The Kier molecular flexibility index (Phi) is 2.42. The molecule has 1 aliphatic heterocycles. The Morgan fingerprint density at radius 2 is 2.00 bits per heavy atom. The van der Waals surface area contributed by atoms with Crippen LogP contribution < -0.4 is 0 Å². The number of aliphatic hydroxyl groups excluding tert-OH is 1. The standard InChI is InChI=1S/C11H13NOS/c1-8(2)12-7-10(13)9-5-3-4-6-11(9)14-12/h3-8,13H,1-2H3. The van der Waals surface area contributed by atoms with Gasteiger partial charge in [0, 0.05) is 16.5 Å². The van der Waals surface area contributed by atoms with Crippen molar-refractivity contribution in [3.8, 4) is 0 Å². The average Bonchev–Trinajstić information content (AvgIpc) is 2.17. The van der Waals surface area contributed by atoms with Crippen LogP contribution in [-0.2, 0) is 0 Å². The van der Waals surface area contributed by atoms with Gasteiger partial charge in [0.2, 0.25) is 0 Å². The predicted molar refractivity (Wildman–Crippen MR) is 59.9 cm³/mol. The van der Waals surface area contributed by atoms with Crippen molar-refractivity contribution in [2.75, 3.05) is 0 Å². The summed E-state index contributed by atoms with van der Waals surface area (Å²) >= 11 is 1.67. The van der Waals surface area contributed by atoms with E-state index in [9.17, 15) is 5.11 Å². The van der Waals surface area contributed by atoms with Crippen molar-refractivity contribution in [2.45, 2.75) is 24.8 Å². The van der Waals surface area contributed by atoms with E-state index in [0.717, 1.165) is 10.5 Å². The van der Waals surface area contributed by atoms with Gasteiger partial charge in [-0.15, -0.1) is 0 Å². The number of nitrogens with zero attached hydrogens (tertiary/aromatic N) is 1. The molecule has 1 N–H and O–H groups in total. The highest BCUT2D eigenvalue weighted by atomic mass is 32.2. The molecular formula is C11H13NOS. The minimum Gasteiger partial charge on any atom is -0.506 e. The molecule has 1 aromatic rings. The lowest BCUT2D eigenvalue weighted by molar-refractivity contribution is 0.460. The molecule has 0 unspecified atom stereocenters. The van der Waals surface area contributed by atoms with Gasteiger partial charge in [-0.25, -0.2) is 0 Å². The first-order valence-electron chi connectivity index (χ1n) is 4.65. The lowest BCUT2D eigenvalue weighted by Gasteiger charge is -2.28. The molecule has 1 aromatic carbocycles. The number of aliphatic hydroxyl groups is 1. The maximum absolute atomic E-state index is 9.79. The molecule has 0 saturated heterocycles. The molecule has 14 heavy (non-hydrogen) atoms. The minimum atomic E-state index is 0.355. The Hall–Kier alpha value is -1.09. The van der Waals surface area contributed by atoms with Gasteiger partial charge in [0.15, 0.2) is 0 Å². The zero-order chi connectivity index (χ0) is 10.1. The fraction of sp³-hybridized carbons (Fsp3) is 0.273. The normalized spacial score (nSPS) is 15.4. The summed E-state index contributed by atoms with van der Waals surface area (Å²) < 4.78 is 2.05. The van der Waals surface area contributed by atoms with Gasteiger partial charge in [-0.2, -0.15) is 0 Å². The molecule has 0 saturated carbocycles. The van der Waals surface area contributed by atoms with Gasteiger partial charge in [-0.05, 0) is 31.9 Å². The zero-order valence-corrected chi connectivity index (χ0v) is 9.08. The molecule has 1 heterocycles. The summed E-state index contributed by atoms with van der Waals surface area (Å²) in [6.45, 7) is 4.20. The fourth-order valence-electron chi connectivity index (χ4n) is 1.34. The third kappa shape index (κ3) is 1.60. The van der Waals surface area contributed by atoms with Crippen LogP contribution >= 0.6 is 11.9 Å². The molecule has 3 heteroatoms. The topological polar surface area (TPSA) is 23.5 Å². The van der Waals surface area contributed by atoms with Gasteiger partial charge < -0.3 is 9.41 Å². The van der Waals surface area contributed by atoms with Crippen LogP contribution in [0.1, 0.15) is 19.4 Å². The van der Waals surface area contributed by atoms with E-state index in [4.69, 9.17) is 0 Å². The Morgan fingerprint density at radius 3 is 2.71 bits per heavy atom. The van der Waals surface area contributed by atoms with Gasteiger partial charge in [-0.1, -0.05) is 18.2 Å². The molecule has 0 aromatic heterocycles. The molecule has 0 aliphatic carbocycles. The van der Waals surface area contributed by atoms with Crippen LogP contribution in [0.25, 0.3) is 5.76 Å². The van der Waals surface area contributed by atoms with E-state index in [1.54, 1.807) is 18.1 Å². The predicted octanol–water partition coefficient (Wildman–Crippen LogP) is 3.27. The highest BCUT2D eigenvalue weighted by molar-refractivity contribution is 7.97. The maximum Gasteiger partial charge on any atom is 0.140 e. The van der Waals surface area contributed by atoms with Gasteiger partial charge in [0.05, 0.1) is 6.20 Å². The third-order valence-electron chi connectivity index (χ3n) is 2.13. The summed E-state index contributed by atoms with van der Waals surface area (Å²) in [5.74, 6) is 0.355. The molecular weight excluding hydrogens is 194 g/mol. The molecule has 2 nitrogen and oxygen atoms in total. The summed E-state index contributed by atoms with van der Waals surface area (Å²) in [4.78, 5) is 1.11. The van der Waals surface area contributed by atoms with E-state index < -0.39 is 0 Å². The summed E-state index contributed by atoms with van der Waals surface area (Å²) in [5, 5.41) is 9.79. The first-order valence-corrected chi connectivity index (χ1v) is 5.42. The van der Waals surface area contributed by atoms with Gasteiger partial charge in [0.25, 0.3) is 0 Å². The quantitative estimate of drug-likeness (QED) is 0.715. The van der Waals surface area contributed by atoms with Gasteiger partial charge in [0.1, 0.15) is 5.76 Å². The highest BCUT2D eigenvalue weighted by Gasteiger charge is 2.18. The van der Waals surface area contributed by atoms with Crippen LogP contribution in [-0.4, -0.2) is 15.5 Å². The zero-order valence-electron chi connectivity index (χ0n) is 8.27. The van der Waals surface area contributed by atoms with Crippen LogP contribution in [0.15, 0.2) is 35.4 Å². The Morgan fingerprint density at radius 1 is 1.29 bits per heavy atom. The Labute approximate surface area is 88.4 Å². The first kappa shape index (κ1) is 9.46. The van der Waals surface area contributed by atoms with E-state index in [1.807, 2.05) is 24.3 Å². The van der Waals surface area contributed by atoms with Crippen molar-refractivity contribution < 1.29 is 5.11 Å². The molecule has 2 rings (SSSR count). The number of benzene rings is 1. The molecule has 0 spiro atoms. The summed E-state index contributed by atoms with van der Waals surface area (Å²) in [5.41, 5.74) is 0.925. The van der Waals surface area contributed by atoms with Crippen molar-refractivity contribution in [3.05, 3.63) is 36.0 Å². The van der Waals surface area contributed by atoms with Crippen LogP contribution in [0.5, 0.6) is 0 Å². The number of hydrogen-bond donors (Lipinski definition) is 1. The molecule has 74 valence electrons. The van der Waals surface area contributed by atoms with Crippen molar-refractivity contribution in [3.63, 3.8) is 0 Å². The number of fused-ring (bicyclic) bond motifs is 1. The lowest BCUT2D eigenvalue weighted by atomic mass is 10.2. The maximum atomic E-state index is 9.79. The van der Waals surface area contributed by atoms with E-state index in [-0.39, 0.29) is 0 Å². The summed E-state index contributed by atoms with van der Waals surface area (Å²) in [6.07, 6.45) is 1.79. The van der Waals surface area contributed by atoms with Crippen LogP contribution in [0.2, 0.25) is 0 Å². The van der Waals surface area contributed by atoms with Crippen molar-refractivity contribution >= 4 is 17.7 Å². The van der Waals surface area contributed by atoms with Gasteiger partial charge >= 0.3 is 0 Å². The lowest BCUT2D eigenvalue weighted by Crippen LogP contribution is -2.20. The van der Waals surface area contributed by atoms with E-state index in [1.165, 1.54) is 0 Å². The van der Waals surface area contributed by atoms with Gasteiger partial charge in [-0.3, -0.25) is 0 Å². The Balaban J connectivity index is 2.39.